The van der Waals surface area contributed by atoms with E-state index in [1.54, 1.807) is 0 Å². The predicted octanol–water partition coefficient (Wildman–Crippen LogP) is 6.77. The molecule has 1 nitrogen and oxygen atoms in total. The number of halogens is 1. The molecule has 1 atom stereocenters. The zero-order valence-electron chi connectivity index (χ0n) is 13.8. The summed E-state index contributed by atoms with van der Waals surface area (Å²) in [5.41, 5.74) is 4.26. The summed E-state index contributed by atoms with van der Waals surface area (Å²) in [6.45, 7) is 11.8. The number of hydrogen-bond donors (Lipinski definition) is 0. The van der Waals surface area contributed by atoms with E-state index in [-0.39, 0.29) is 5.41 Å². The van der Waals surface area contributed by atoms with Crippen molar-refractivity contribution in [2.75, 3.05) is 0 Å². The maximum Gasteiger partial charge on any atom is 0.136 e. The van der Waals surface area contributed by atoms with Crippen molar-refractivity contribution in [3.8, 4) is 0 Å². The first-order valence-corrected chi connectivity index (χ1v) is 11.1. The van der Waals surface area contributed by atoms with Crippen LogP contribution in [-0.2, 0) is 0 Å². The fourth-order valence-electron chi connectivity index (χ4n) is 3.65. The molecule has 1 aromatic heterocycles. The van der Waals surface area contributed by atoms with Crippen molar-refractivity contribution in [1.29, 1.82) is 0 Å². The van der Waals surface area contributed by atoms with E-state index in [4.69, 9.17) is 4.42 Å². The second-order valence-electron chi connectivity index (χ2n) is 7.37. The largest absolute Gasteiger partial charge is 0.456 e. The quantitative estimate of drug-likeness (QED) is 0.451. The molecule has 0 N–H and O–H groups in total. The lowest BCUT2D eigenvalue weighted by Crippen LogP contribution is -2.29. The number of rotatable bonds is 2. The molecule has 0 aliphatic heterocycles. The Morgan fingerprint density at radius 3 is 2.14 bits per heavy atom. The minimum absolute atomic E-state index is 0.278. The molecule has 1 unspecified atom stereocenters. The normalized spacial score (nSPS) is 14.1. The Hall–Kier alpha value is -1.06. The number of benzene rings is 2. The third-order valence-electron chi connectivity index (χ3n) is 4.24. The molecule has 1 heterocycles. The van der Waals surface area contributed by atoms with Crippen LogP contribution in [0, 0.1) is 5.41 Å². The monoisotopic (exact) mass is 373 g/mol. The van der Waals surface area contributed by atoms with Crippen LogP contribution in [0.2, 0.25) is 13.1 Å². The Morgan fingerprint density at radius 1 is 0.955 bits per heavy atom. The van der Waals surface area contributed by atoms with Gasteiger partial charge in [-0.3, -0.25) is 0 Å². The molecule has 0 spiro atoms. The Labute approximate surface area is 142 Å². The van der Waals surface area contributed by atoms with Gasteiger partial charge >= 0.3 is 0 Å². The molecule has 0 saturated carbocycles. The van der Waals surface area contributed by atoms with Gasteiger partial charge < -0.3 is 4.42 Å². The summed E-state index contributed by atoms with van der Waals surface area (Å²) in [5, 5.41) is 2.40. The highest BCUT2D eigenvalue weighted by molar-refractivity contribution is 9.10. The summed E-state index contributed by atoms with van der Waals surface area (Å²) < 4.78 is 7.15. The predicted molar refractivity (Wildman–Crippen MR) is 101 cm³/mol. The summed E-state index contributed by atoms with van der Waals surface area (Å²) in [6.07, 6.45) is 0. The van der Waals surface area contributed by atoms with Gasteiger partial charge in [-0.2, -0.15) is 0 Å². The molecule has 115 valence electrons. The zero-order chi connectivity index (χ0) is 16.1. The molecule has 0 bridgehead atoms. The van der Waals surface area contributed by atoms with Gasteiger partial charge in [0.2, 0.25) is 0 Å². The third-order valence-corrected chi connectivity index (χ3v) is 7.08. The Morgan fingerprint density at radius 2 is 1.55 bits per heavy atom. The van der Waals surface area contributed by atoms with Gasteiger partial charge in [-0.15, -0.1) is 0 Å². The third kappa shape index (κ3) is 2.77. The van der Waals surface area contributed by atoms with E-state index < -0.39 is 8.80 Å². The number of furan rings is 1. The standard InChI is InChI=1S/C19H22BrOSi/c1-19(2,3)18(22(4)5)12-6-8-14-15-9-7-13(20)11-17(15)21-16(14)10-12/h6-11,18H,1-5H3. The average Bonchev–Trinajstić information content (AvgIpc) is 2.72. The minimum Gasteiger partial charge on any atom is -0.456 e. The van der Waals surface area contributed by atoms with Crippen LogP contribution in [0.5, 0.6) is 0 Å². The van der Waals surface area contributed by atoms with Crippen LogP contribution < -0.4 is 0 Å². The lowest BCUT2D eigenvalue weighted by atomic mass is 9.87. The van der Waals surface area contributed by atoms with Gasteiger partial charge in [0.25, 0.3) is 0 Å². The number of hydrogen-bond acceptors (Lipinski definition) is 1. The van der Waals surface area contributed by atoms with Gasteiger partial charge in [-0.05, 0) is 40.8 Å². The smallest absolute Gasteiger partial charge is 0.136 e. The van der Waals surface area contributed by atoms with Crippen LogP contribution in [0.4, 0.5) is 0 Å². The van der Waals surface area contributed by atoms with Gasteiger partial charge in [0.1, 0.15) is 11.2 Å². The van der Waals surface area contributed by atoms with E-state index in [0.29, 0.717) is 5.54 Å². The van der Waals surface area contributed by atoms with Crippen molar-refractivity contribution in [3.05, 3.63) is 46.4 Å². The highest BCUT2D eigenvalue weighted by Crippen LogP contribution is 2.39. The molecule has 0 amide bonds. The van der Waals surface area contributed by atoms with Gasteiger partial charge in [-0.1, -0.05) is 61.9 Å². The zero-order valence-corrected chi connectivity index (χ0v) is 16.4. The summed E-state index contributed by atoms with van der Waals surface area (Å²) >= 11 is 3.52. The highest BCUT2D eigenvalue weighted by atomic mass is 79.9. The average molecular weight is 374 g/mol. The molecule has 0 saturated heterocycles. The molecule has 1 radical (unpaired) electrons. The first-order chi connectivity index (χ1) is 10.3. The first kappa shape index (κ1) is 15.8. The molecule has 0 aliphatic rings. The summed E-state index contributed by atoms with van der Waals surface area (Å²) in [4.78, 5) is 0. The van der Waals surface area contributed by atoms with Crippen molar-refractivity contribution >= 4 is 46.7 Å². The van der Waals surface area contributed by atoms with Gasteiger partial charge in [0, 0.05) is 15.2 Å². The lowest BCUT2D eigenvalue weighted by molar-refractivity contribution is 0.389. The Bertz CT molecular complexity index is 826. The SMILES string of the molecule is C[Si](C)C(c1ccc2c(c1)oc1cc(Br)ccc12)C(C)(C)C. The van der Waals surface area contributed by atoms with Gasteiger partial charge in [0.05, 0.1) is 8.80 Å². The second kappa shape index (κ2) is 5.54. The van der Waals surface area contributed by atoms with E-state index in [9.17, 15) is 0 Å². The van der Waals surface area contributed by atoms with E-state index >= 15 is 0 Å². The summed E-state index contributed by atoms with van der Waals surface area (Å²) in [7, 11) is -0.436. The summed E-state index contributed by atoms with van der Waals surface area (Å²) in [6, 6.07) is 13.0. The van der Waals surface area contributed by atoms with Crippen molar-refractivity contribution in [1.82, 2.24) is 0 Å². The maximum absolute atomic E-state index is 6.10. The molecular weight excluding hydrogens is 352 g/mol. The van der Waals surface area contributed by atoms with Crippen LogP contribution in [0.3, 0.4) is 0 Å². The van der Waals surface area contributed by atoms with Crippen LogP contribution in [-0.4, -0.2) is 8.80 Å². The maximum atomic E-state index is 6.10. The molecular formula is C19H22BrOSi. The Balaban J connectivity index is 2.19. The van der Waals surface area contributed by atoms with Crippen LogP contribution in [0.1, 0.15) is 31.9 Å². The van der Waals surface area contributed by atoms with Gasteiger partial charge in [-0.25, -0.2) is 0 Å². The molecule has 3 rings (SSSR count). The summed E-state index contributed by atoms with van der Waals surface area (Å²) in [5.74, 6) is 0. The molecule has 0 aliphatic carbocycles. The molecule has 3 heteroatoms. The van der Waals surface area contributed by atoms with Crippen molar-refractivity contribution in [2.24, 2.45) is 5.41 Å². The topological polar surface area (TPSA) is 13.1 Å². The van der Waals surface area contributed by atoms with Crippen molar-refractivity contribution in [3.63, 3.8) is 0 Å². The van der Waals surface area contributed by atoms with Crippen LogP contribution in [0.25, 0.3) is 21.9 Å². The molecule has 3 aromatic rings. The van der Waals surface area contributed by atoms with E-state index in [0.717, 1.165) is 15.6 Å². The van der Waals surface area contributed by atoms with E-state index in [1.165, 1.54) is 16.3 Å². The fourth-order valence-corrected chi connectivity index (χ4v) is 6.56. The van der Waals surface area contributed by atoms with Gasteiger partial charge in [0.15, 0.2) is 0 Å². The number of fused-ring (bicyclic) bond motifs is 3. The molecule has 2 aromatic carbocycles. The minimum atomic E-state index is -0.436. The fraction of sp³-hybridized carbons (Fsp3) is 0.368. The van der Waals surface area contributed by atoms with E-state index in [1.807, 2.05) is 6.07 Å². The van der Waals surface area contributed by atoms with Crippen LogP contribution >= 0.6 is 15.9 Å². The lowest BCUT2D eigenvalue weighted by Gasteiger charge is -2.33. The molecule has 0 fully saturated rings. The second-order valence-corrected chi connectivity index (χ2v) is 11.0. The molecule has 22 heavy (non-hydrogen) atoms. The first-order valence-electron chi connectivity index (χ1n) is 7.69. The van der Waals surface area contributed by atoms with Crippen molar-refractivity contribution in [2.45, 2.75) is 39.4 Å². The van der Waals surface area contributed by atoms with E-state index in [2.05, 4.69) is 80.1 Å². The van der Waals surface area contributed by atoms with Crippen LogP contribution in [0.15, 0.2) is 45.3 Å². The Kier molecular flexibility index (Phi) is 3.98. The highest BCUT2D eigenvalue weighted by Gasteiger charge is 2.30. The van der Waals surface area contributed by atoms with Crippen molar-refractivity contribution < 1.29 is 4.42 Å².